The summed E-state index contributed by atoms with van der Waals surface area (Å²) in [5.74, 6) is 1.45. The van der Waals surface area contributed by atoms with Gasteiger partial charge in [-0.2, -0.15) is 0 Å². The average molecular weight is 330 g/mol. The highest BCUT2D eigenvalue weighted by atomic mass is 79.9. The molecule has 0 atom stereocenters. The third kappa shape index (κ3) is 3.07. The average Bonchev–Trinajstić information content (AvgIpc) is 2.71. The van der Waals surface area contributed by atoms with Gasteiger partial charge in [0, 0.05) is 11.0 Å². The summed E-state index contributed by atoms with van der Waals surface area (Å²) in [6.07, 6.45) is 5.03. The Morgan fingerprint density at radius 1 is 1.28 bits per heavy atom. The van der Waals surface area contributed by atoms with Crippen molar-refractivity contribution in [1.82, 2.24) is 9.55 Å². The minimum atomic E-state index is 0.472. The number of aromatic nitrogens is 2. The van der Waals surface area contributed by atoms with Gasteiger partial charge in [-0.1, -0.05) is 42.1 Å². The van der Waals surface area contributed by atoms with Crippen molar-refractivity contribution in [2.24, 2.45) is 0 Å². The normalized spacial score (nSPS) is 11.3. The number of fused-ring (bicyclic) bond motifs is 1. The predicted octanol–water partition coefficient (Wildman–Crippen LogP) is 5.12. The van der Waals surface area contributed by atoms with Gasteiger partial charge in [0.2, 0.25) is 0 Å². The monoisotopic (exact) mass is 328 g/mol. The van der Waals surface area contributed by atoms with Crippen molar-refractivity contribution in [2.75, 3.05) is 0 Å². The lowest BCUT2D eigenvalue weighted by atomic mass is 10.2. The molecular formula is C14H18BrClN2. The van der Waals surface area contributed by atoms with Crippen LogP contribution in [-0.4, -0.2) is 9.55 Å². The fraction of sp³-hybridized carbons (Fsp3) is 0.500. The molecule has 4 heteroatoms. The molecule has 0 radical (unpaired) electrons. The largest absolute Gasteiger partial charge is 0.327 e. The zero-order chi connectivity index (χ0) is 13.0. The van der Waals surface area contributed by atoms with Gasteiger partial charge in [-0.05, 0) is 24.6 Å². The van der Waals surface area contributed by atoms with Crippen LogP contribution in [0.3, 0.4) is 0 Å². The maximum atomic E-state index is 5.99. The number of hydrogen-bond acceptors (Lipinski definition) is 1. The molecule has 1 aromatic carbocycles. The van der Waals surface area contributed by atoms with Gasteiger partial charge >= 0.3 is 0 Å². The first kappa shape index (κ1) is 13.9. The van der Waals surface area contributed by atoms with E-state index in [-0.39, 0.29) is 0 Å². The molecule has 0 N–H and O–H groups in total. The summed E-state index contributed by atoms with van der Waals surface area (Å²) in [6, 6.07) is 6.22. The fourth-order valence-electron chi connectivity index (χ4n) is 2.20. The molecule has 98 valence electrons. The molecule has 0 unspecified atom stereocenters. The van der Waals surface area contributed by atoms with E-state index < -0.39 is 0 Å². The second-order valence-electron chi connectivity index (χ2n) is 4.51. The Bertz CT molecular complexity index is 522. The first-order valence-electron chi connectivity index (χ1n) is 6.47. The van der Waals surface area contributed by atoms with Gasteiger partial charge in [-0.25, -0.2) is 4.98 Å². The van der Waals surface area contributed by atoms with Crippen LogP contribution in [0.5, 0.6) is 0 Å². The van der Waals surface area contributed by atoms with Crippen molar-refractivity contribution in [3.8, 4) is 0 Å². The van der Waals surface area contributed by atoms with Gasteiger partial charge in [-0.3, -0.25) is 0 Å². The molecule has 1 aromatic heterocycles. The van der Waals surface area contributed by atoms with E-state index in [4.69, 9.17) is 11.6 Å². The number of imidazole rings is 1. The van der Waals surface area contributed by atoms with Gasteiger partial charge in [0.1, 0.15) is 5.82 Å². The Morgan fingerprint density at radius 3 is 2.83 bits per heavy atom. The number of benzene rings is 1. The van der Waals surface area contributed by atoms with E-state index in [1.165, 1.54) is 31.2 Å². The Hall–Kier alpha value is -0.540. The van der Waals surface area contributed by atoms with Gasteiger partial charge in [0.05, 0.1) is 16.9 Å². The van der Waals surface area contributed by atoms with Crippen molar-refractivity contribution in [3.63, 3.8) is 0 Å². The molecule has 0 aliphatic carbocycles. The highest BCUT2D eigenvalue weighted by molar-refractivity contribution is 9.10. The zero-order valence-corrected chi connectivity index (χ0v) is 13.0. The second-order valence-corrected chi connectivity index (χ2v) is 5.69. The Morgan fingerprint density at radius 2 is 2.11 bits per heavy atom. The number of alkyl halides is 1. The first-order valence-corrected chi connectivity index (χ1v) is 7.79. The van der Waals surface area contributed by atoms with E-state index in [0.29, 0.717) is 5.88 Å². The van der Waals surface area contributed by atoms with E-state index >= 15 is 0 Å². The summed E-state index contributed by atoms with van der Waals surface area (Å²) >= 11 is 9.47. The maximum Gasteiger partial charge on any atom is 0.124 e. The molecule has 0 aliphatic rings. The van der Waals surface area contributed by atoms with Crippen molar-refractivity contribution in [2.45, 2.75) is 45.0 Å². The summed E-state index contributed by atoms with van der Waals surface area (Å²) in [7, 11) is 0. The number of unbranched alkanes of at least 4 members (excludes halogenated alkanes) is 3. The van der Waals surface area contributed by atoms with Crippen molar-refractivity contribution < 1.29 is 0 Å². The number of hydrogen-bond donors (Lipinski definition) is 0. The van der Waals surface area contributed by atoms with Crippen LogP contribution in [0.25, 0.3) is 11.0 Å². The number of nitrogens with zero attached hydrogens (tertiary/aromatic N) is 2. The standard InChI is InChI=1S/C14H18BrClN2/c1-2-3-4-5-8-18-13-7-6-11(15)9-12(13)17-14(18)10-16/h6-7,9H,2-5,8,10H2,1H3. The summed E-state index contributed by atoms with van der Waals surface area (Å²) in [4.78, 5) is 4.59. The second kappa shape index (κ2) is 6.58. The maximum absolute atomic E-state index is 5.99. The van der Waals surface area contributed by atoms with Crippen LogP contribution in [0.4, 0.5) is 0 Å². The lowest BCUT2D eigenvalue weighted by Gasteiger charge is -2.07. The first-order chi connectivity index (χ1) is 8.76. The lowest BCUT2D eigenvalue weighted by molar-refractivity contribution is 0.581. The van der Waals surface area contributed by atoms with Crippen LogP contribution in [0.15, 0.2) is 22.7 Å². The Kier molecular flexibility index (Phi) is 5.07. The van der Waals surface area contributed by atoms with Crippen LogP contribution >= 0.6 is 27.5 Å². The van der Waals surface area contributed by atoms with Gasteiger partial charge in [0.15, 0.2) is 0 Å². The number of rotatable bonds is 6. The summed E-state index contributed by atoms with van der Waals surface area (Å²) in [6.45, 7) is 3.24. The Labute approximate surface area is 121 Å². The molecular weight excluding hydrogens is 312 g/mol. The van der Waals surface area contributed by atoms with Gasteiger partial charge < -0.3 is 4.57 Å². The van der Waals surface area contributed by atoms with Crippen LogP contribution in [-0.2, 0) is 12.4 Å². The molecule has 2 nitrogen and oxygen atoms in total. The summed E-state index contributed by atoms with van der Waals surface area (Å²) in [5.41, 5.74) is 2.21. The molecule has 0 bridgehead atoms. The predicted molar refractivity (Wildman–Crippen MR) is 81.1 cm³/mol. The SMILES string of the molecule is CCCCCCn1c(CCl)nc2cc(Br)ccc21. The molecule has 2 aromatic rings. The van der Waals surface area contributed by atoms with Gasteiger partial charge in [-0.15, -0.1) is 11.6 Å². The van der Waals surface area contributed by atoms with Crippen LogP contribution in [0.1, 0.15) is 38.4 Å². The van der Waals surface area contributed by atoms with Crippen molar-refractivity contribution >= 4 is 38.6 Å². The zero-order valence-electron chi connectivity index (χ0n) is 10.6. The van der Waals surface area contributed by atoms with E-state index in [1.54, 1.807) is 0 Å². The molecule has 0 saturated heterocycles. The minimum Gasteiger partial charge on any atom is -0.327 e. The van der Waals surface area contributed by atoms with E-state index in [2.05, 4.69) is 44.5 Å². The number of aryl methyl sites for hydroxylation is 1. The molecule has 0 saturated carbocycles. The van der Waals surface area contributed by atoms with Crippen LogP contribution < -0.4 is 0 Å². The van der Waals surface area contributed by atoms with E-state index in [9.17, 15) is 0 Å². The quantitative estimate of drug-likeness (QED) is 0.531. The third-order valence-electron chi connectivity index (χ3n) is 3.14. The van der Waals surface area contributed by atoms with E-state index in [1.807, 2.05) is 6.07 Å². The highest BCUT2D eigenvalue weighted by Gasteiger charge is 2.09. The van der Waals surface area contributed by atoms with Crippen LogP contribution in [0.2, 0.25) is 0 Å². The molecule has 0 spiro atoms. The topological polar surface area (TPSA) is 17.8 Å². The van der Waals surface area contributed by atoms with Crippen LogP contribution in [0, 0.1) is 0 Å². The fourth-order valence-corrected chi connectivity index (χ4v) is 2.75. The molecule has 18 heavy (non-hydrogen) atoms. The summed E-state index contributed by atoms with van der Waals surface area (Å²) < 4.78 is 3.32. The molecule has 1 heterocycles. The Balaban J connectivity index is 2.23. The highest BCUT2D eigenvalue weighted by Crippen LogP contribution is 2.22. The molecule has 2 rings (SSSR count). The third-order valence-corrected chi connectivity index (χ3v) is 3.88. The minimum absolute atomic E-state index is 0.472. The molecule has 0 fully saturated rings. The number of halogens is 2. The smallest absolute Gasteiger partial charge is 0.124 e. The van der Waals surface area contributed by atoms with Gasteiger partial charge in [0.25, 0.3) is 0 Å². The summed E-state index contributed by atoms with van der Waals surface area (Å²) in [5, 5.41) is 0. The molecule has 0 aliphatic heterocycles. The van der Waals surface area contributed by atoms with E-state index in [0.717, 1.165) is 22.4 Å². The van der Waals surface area contributed by atoms with Crippen molar-refractivity contribution in [3.05, 3.63) is 28.5 Å². The lowest BCUT2D eigenvalue weighted by Crippen LogP contribution is -2.02. The van der Waals surface area contributed by atoms with Crippen molar-refractivity contribution in [1.29, 1.82) is 0 Å². The molecule has 0 amide bonds.